The highest BCUT2D eigenvalue weighted by molar-refractivity contribution is 5.74. The molecule has 0 spiro atoms. The van der Waals surface area contributed by atoms with Crippen LogP contribution in [0, 0.1) is 0 Å². The Balaban J connectivity index is 1.95. The number of hydrogen-bond donors (Lipinski definition) is 2. The number of urea groups is 1. The van der Waals surface area contributed by atoms with Crippen molar-refractivity contribution in [2.45, 2.75) is 32.1 Å². The molecule has 2 atom stereocenters. The molecule has 0 saturated carbocycles. The Hall–Kier alpha value is -2.58. The molecule has 0 aliphatic carbocycles. The number of hydrogen-bond acceptors (Lipinski definition) is 3. The van der Waals surface area contributed by atoms with Crippen molar-refractivity contribution in [1.29, 1.82) is 0 Å². The second-order valence-electron chi connectivity index (χ2n) is 5.48. The zero-order chi connectivity index (χ0) is 17.9. The van der Waals surface area contributed by atoms with Crippen LogP contribution in [-0.2, 0) is 13.2 Å². The minimum absolute atomic E-state index is 0.364. The van der Waals surface area contributed by atoms with Crippen molar-refractivity contribution >= 4 is 6.03 Å². The third-order valence-electron chi connectivity index (χ3n) is 3.57. The van der Waals surface area contributed by atoms with Gasteiger partial charge in [-0.15, -0.1) is 10.2 Å². The topological polar surface area (TPSA) is 71.8 Å². The lowest BCUT2D eigenvalue weighted by Crippen LogP contribution is -2.39. The number of aromatic nitrogens is 3. The molecular formula is C15H18F3N5O. The molecular weight excluding hydrogens is 323 g/mol. The van der Waals surface area contributed by atoms with Crippen LogP contribution in [0.5, 0.6) is 0 Å². The van der Waals surface area contributed by atoms with Crippen molar-refractivity contribution in [1.82, 2.24) is 25.4 Å². The molecule has 2 amide bonds. The summed E-state index contributed by atoms with van der Waals surface area (Å²) >= 11 is 0. The lowest BCUT2D eigenvalue weighted by molar-refractivity contribution is -0.137. The van der Waals surface area contributed by atoms with Gasteiger partial charge in [-0.1, -0.05) is 12.1 Å². The van der Waals surface area contributed by atoms with Crippen LogP contribution in [0.3, 0.4) is 0 Å². The monoisotopic (exact) mass is 341 g/mol. The Bertz CT molecular complexity index is 696. The first-order valence-electron chi connectivity index (χ1n) is 7.26. The van der Waals surface area contributed by atoms with E-state index in [9.17, 15) is 18.0 Å². The van der Waals surface area contributed by atoms with Crippen molar-refractivity contribution in [3.05, 3.63) is 47.5 Å². The lowest BCUT2D eigenvalue weighted by Gasteiger charge is -2.18. The Labute approximate surface area is 137 Å². The standard InChI is InChI=1S/C15H18F3N5O/c1-9(11-4-6-12(7-5-11)15(16,17)18)20-14(24)21-10(2)13-22-19-8-23(13)3/h4-10H,1-3H3,(H2,20,21,24). The number of nitrogens with one attached hydrogen (secondary N) is 2. The highest BCUT2D eigenvalue weighted by Crippen LogP contribution is 2.29. The van der Waals surface area contributed by atoms with Crippen LogP contribution in [0.2, 0.25) is 0 Å². The molecule has 130 valence electrons. The summed E-state index contributed by atoms with van der Waals surface area (Å²) in [7, 11) is 1.76. The summed E-state index contributed by atoms with van der Waals surface area (Å²) in [6, 6.07) is 3.43. The largest absolute Gasteiger partial charge is 0.416 e. The molecule has 1 aromatic heterocycles. The van der Waals surface area contributed by atoms with E-state index < -0.39 is 23.8 Å². The molecule has 2 rings (SSSR count). The van der Waals surface area contributed by atoms with Gasteiger partial charge in [0.15, 0.2) is 5.82 Å². The molecule has 2 N–H and O–H groups in total. The van der Waals surface area contributed by atoms with Gasteiger partial charge in [-0.25, -0.2) is 4.79 Å². The summed E-state index contributed by atoms with van der Waals surface area (Å²) in [4.78, 5) is 12.0. The first-order chi connectivity index (χ1) is 11.2. The first-order valence-corrected chi connectivity index (χ1v) is 7.26. The predicted octanol–water partition coefficient (Wildman–Crippen LogP) is 2.96. The molecule has 1 aromatic carbocycles. The summed E-state index contributed by atoms with van der Waals surface area (Å²) in [5.74, 6) is 0.590. The van der Waals surface area contributed by atoms with E-state index in [4.69, 9.17) is 0 Å². The molecule has 1 heterocycles. The molecule has 0 radical (unpaired) electrons. The van der Waals surface area contributed by atoms with Gasteiger partial charge in [-0.2, -0.15) is 13.2 Å². The van der Waals surface area contributed by atoms with E-state index in [0.717, 1.165) is 12.1 Å². The number of carbonyl (C=O) groups excluding carboxylic acids is 1. The van der Waals surface area contributed by atoms with Gasteiger partial charge in [0.2, 0.25) is 0 Å². The highest BCUT2D eigenvalue weighted by atomic mass is 19.4. The quantitative estimate of drug-likeness (QED) is 0.898. The Morgan fingerprint density at radius 2 is 1.71 bits per heavy atom. The van der Waals surface area contributed by atoms with Gasteiger partial charge in [0, 0.05) is 7.05 Å². The van der Waals surface area contributed by atoms with E-state index in [1.165, 1.54) is 18.5 Å². The number of carbonyl (C=O) groups is 1. The van der Waals surface area contributed by atoms with E-state index in [1.54, 1.807) is 25.5 Å². The minimum atomic E-state index is -4.38. The van der Waals surface area contributed by atoms with Gasteiger partial charge >= 0.3 is 12.2 Å². The van der Waals surface area contributed by atoms with Crippen molar-refractivity contribution in [3.63, 3.8) is 0 Å². The maximum Gasteiger partial charge on any atom is 0.416 e. The van der Waals surface area contributed by atoms with E-state index >= 15 is 0 Å². The van der Waals surface area contributed by atoms with Crippen molar-refractivity contribution < 1.29 is 18.0 Å². The van der Waals surface area contributed by atoms with E-state index in [2.05, 4.69) is 20.8 Å². The maximum atomic E-state index is 12.5. The molecule has 0 aliphatic rings. The fourth-order valence-corrected chi connectivity index (χ4v) is 2.23. The fourth-order valence-electron chi connectivity index (χ4n) is 2.23. The molecule has 24 heavy (non-hydrogen) atoms. The van der Waals surface area contributed by atoms with Gasteiger partial charge < -0.3 is 15.2 Å². The van der Waals surface area contributed by atoms with Crippen LogP contribution in [0.1, 0.15) is 42.9 Å². The van der Waals surface area contributed by atoms with Crippen molar-refractivity contribution in [2.24, 2.45) is 7.05 Å². The minimum Gasteiger partial charge on any atom is -0.332 e. The second kappa shape index (κ2) is 6.90. The van der Waals surface area contributed by atoms with Gasteiger partial charge in [0.1, 0.15) is 6.33 Å². The zero-order valence-corrected chi connectivity index (χ0v) is 13.4. The number of amides is 2. The van der Waals surface area contributed by atoms with Crippen LogP contribution in [0.25, 0.3) is 0 Å². The summed E-state index contributed by atoms with van der Waals surface area (Å²) in [5, 5.41) is 13.0. The van der Waals surface area contributed by atoms with Crippen LogP contribution < -0.4 is 10.6 Å². The molecule has 0 bridgehead atoms. The van der Waals surface area contributed by atoms with Crippen LogP contribution in [0.15, 0.2) is 30.6 Å². The molecule has 0 fully saturated rings. The first kappa shape index (κ1) is 17.8. The normalized spacial score (nSPS) is 14.1. The summed E-state index contributed by atoms with van der Waals surface area (Å²) in [6.07, 6.45) is -2.85. The predicted molar refractivity (Wildman–Crippen MR) is 80.9 cm³/mol. The van der Waals surface area contributed by atoms with Crippen LogP contribution in [-0.4, -0.2) is 20.8 Å². The maximum absolute atomic E-state index is 12.5. The number of nitrogens with zero attached hydrogens (tertiary/aromatic N) is 3. The highest BCUT2D eigenvalue weighted by Gasteiger charge is 2.30. The fraction of sp³-hybridized carbons (Fsp3) is 0.400. The molecule has 2 aromatic rings. The zero-order valence-electron chi connectivity index (χ0n) is 13.4. The third kappa shape index (κ3) is 4.24. The Morgan fingerprint density at radius 1 is 1.12 bits per heavy atom. The average molecular weight is 341 g/mol. The summed E-state index contributed by atoms with van der Waals surface area (Å²) < 4.78 is 39.3. The smallest absolute Gasteiger partial charge is 0.332 e. The summed E-state index contributed by atoms with van der Waals surface area (Å²) in [5.41, 5.74) is -0.150. The SMILES string of the molecule is CC(NC(=O)NC(C)c1nncn1C)c1ccc(C(F)(F)F)cc1. The summed E-state index contributed by atoms with van der Waals surface area (Å²) in [6.45, 7) is 3.45. The van der Waals surface area contributed by atoms with E-state index in [1.807, 2.05) is 0 Å². The second-order valence-corrected chi connectivity index (χ2v) is 5.48. The van der Waals surface area contributed by atoms with Crippen LogP contribution in [0.4, 0.5) is 18.0 Å². The molecule has 9 heteroatoms. The number of aryl methyl sites for hydroxylation is 1. The molecule has 2 unspecified atom stereocenters. The van der Waals surface area contributed by atoms with E-state index in [-0.39, 0.29) is 6.04 Å². The lowest BCUT2D eigenvalue weighted by atomic mass is 10.1. The third-order valence-corrected chi connectivity index (χ3v) is 3.57. The van der Waals surface area contributed by atoms with Gasteiger partial charge in [0.05, 0.1) is 17.6 Å². The number of benzene rings is 1. The van der Waals surface area contributed by atoms with Crippen molar-refractivity contribution in [2.75, 3.05) is 0 Å². The van der Waals surface area contributed by atoms with Crippen molar-refractivity contribution in [3.8, 4) is 0 Å². The van der Waals surface area contributed by atoms with Gasteiger partial charge in [-0.05, 0) is 31.5 Å². The number of alkyl halides is 3. The van der Waals surface area contributed by atoms with E-state index in [0.29, 0.717) is 11.4 Å². The molecule has 0 saturated heterocycles. The molecule has 6 nitrogen and oxygen atoms in total. The number of rotatable bonds is 4. The van der Waals surface area contributed by atoms with Crippen LogP contribution >= 0.6 is 0 Å². The van der Waals surface area contributed by atoms with Gasteiger partial charge in [-0.3, -0.25) is 0 Å². The Morgan fingerprint density at radius 3 is 2.21 bits per heavy atom. The Kier molecular flexibility index (Phi) is 5.10. The average Bonchev–Trinajstić information content (AvgIpc) is 2.92. The number of halogens is 3. The molecule has 0 aliphatic heterocycles. The van der Waals surface area contributed by atoms with Gasteiger partial charge in [0.25, 0.3) is 0 Å².